The Morgan fingerprint density at radius 3 is 1.83 bits per heavy atom. The number of hydrogen-bond acceptors (Lipinski definition) is 5. The van der Waals surface area contributed by atoms with E-state index in [1.807, 2.05) is 0 Å². The van der Waals surface area contributed by atoms with Gasteiger partial charge in [0.15, 0.2) is 0 Å². The maximum atomic E-state index is 10.9. The number of anilines is 1. The molecule has 0 aromatic heterocycles. The van der Waals surface area contributed by atoms with Crippen molar-refractivity contribution in [1.82, 2.24) is 0 Å². The highest BCUT2D eigenvalue weighted by Gasteiger charge is 2.14. The Kier molecular flexibility index (Phi) is 7.60. The molecular weight excluding hydrogens is 385 g/mol. The van der Waals surface area contributed by atoms with E-state index in [2.05, 4.69) is 0 Å². The number of halogens is 3. The van der Waals surface area contributed by atoms with Crippen LogP contribution >= 0.6 is 33.9 Å². The molecule has 0 atom stereocenters. The molecule has 23 heavy (non-hydrogen) atoms. The maximum Gasteiger partial charge on any atom is 0.262 e. The highest BCUT2D eigenvalue weighted by molar-refractivity contribution is 8.13. The molecule has 0 saturated carbocycles. The van der Waals surface area contributed by atoms with Crippen molar-refractivity contribution >= 4 is 48.6 Å². The molecule has 0 bridgehead atoms. The summed E-state index contributed by atoms with van der Waals surface area (Å²) >= 11 is 11.2. The summed E-state index contributed by atoms with van der Waals surface area (Å²) in [6.45, 7) is -0.252. The van der Waals surface area contributed by atoms with Crippen LogP contribution in [-0.4, -0.2) is 18.6 Å². The standard InChI is InChI=1S/C7H6Cl2O3S.C7H8ClNO/c8-6-2-1-5(4-10)3-7(6)13(9,11)12;8-6-2-1-5(4-10)3-7(6)9/h1-3,10H,4H2;1-3,10H,4,9H2. The zero-order valence-corrected chi connectivity index (χ0v) is 14.8. The number of benzene rings is 2. The van der Waals surface area contributed by atoms with Gasteiger partial charge in [-0.1, -0.05) is 35.3 Å². The van der Waals surface area contributed by atoms with Gasteiger partial charge in [0.2, 0.25) is 0 Å². The molecule has 0 radical (unpaired) electrons. The van der Waals surface area contributed by atoms with Gasteiger partial charge in [-0.3, -0.25) is 0 Å². The molecule has 2 aromatic rings. The molecule has 2 rings (SSSR count). The Hall–Kier alpha value is -1.02. The number of aliphatic hydroxyl groups is 2. The van der Waals surface area contributed by atoms with Crippen LogP contribution < -0.4 is 5.73 Å². The molecule has 0 fully saturated rings. The van der Waals surface area contributed by atoms with E-state index in [0.29, 0.717) is 16.3 Å². The molecule has 0 amide bonds. The van der Waals surface area contributed by atoms with E-state index in [-0.39, 0.29) is 23.1 Å². The predicted molar refractivity (Wildman–Crippen MR) is 92.2 cm³/mol. The summed E-state index contributed by atoms with van der Waals surface area (Å²) < 4.78 is 21.8. The zero-order valence-electron chi connectivity index (χ0n) is 11.7. The van der Waals surface area contributed by atoms with Gasteiger partial charge in [-0.25, -0.2) is 8.42 Å². The van der Waals surface area contributed by atoms with E-state index in [9.17, 15) is 8.42 Å². The normalized spacial score (nSPS) is 10.8. The molecule has 4 N–H and O–H groups in total. The average molecular weight is 399 g/mol. The summed E-state index contributed by atoms with van der Waals surface area (Å²) in [5.74, 6) is 0. The molecule has 9 heteroatoms. The van der Waals surface area contributed by atoms with Gasteiger partial charge in [0.25, 0.3) is 9.05 Å². The minimum atomic E-state index is -3.84. The summed E-state index contributed by atoms with van der Waals surface area (Å²) in [7, 11) is 1.26. The van der Waals surface area contributed by atoms with Crippen molar-refractivity contribution in [2.24, 2.45) is 0 Å². The molecule has 0 aliphatic carbocycles. The predicted octanol–water partition coefficient (Wildman–Crippen LogP) is 3.17. The first kappa shape index (κ1) is 20.0. The fourth-order valence-electron chi connectivity index (χ4n) is 1.52. The lowest BCUT2D eigenvalue weighted by Crippen LogP contribution is -1.94. The number of nitrogens with two attached hydrogens (primary N) is 1. The van der Waals surface area contributed by atoms with Crippen molar-refractivity contribution in [3.05, 3.63) is 57.6 Å². The summed E-state index contributed by atoms with van der Waals surface area (Å²) in [5, 5.41) is 18.0. The molecule has 0 heterocycles. The van der Waals surface area contributed by atoms with Gasteiger partial charge in [0.05, 0.1) is 28.9 Å². The number of nitrogen functional groups attached to an aromatic ring is 1. The van der Waals surface area contributed by atoms with Crippen LogP contribution in [-0.2, 0) is 22.3 Å². The van der Waals surface area contributed by atoms with Crippen LogP contribution in [0.1, 0.15) is 11.1 Å². The number of aliphatic hydroxyl groups excluding tert-OH is 2. The van der Waals surface area contributed by atoms with Gasteiger partial charge in [-0.05, 0) is 35.4 Å². The van der Waals surface area contributed by atoms with Crippen LogP contribution in [0, 0.1) is 0 Å². The highest BCUT2D eigenvalue weighted by atomic mass is 35.7. The van der Waals surface area contributed by atoms with E-state index >= 15 is 0 Å². The van der Waals surface area contributed by atoms with Crippen molar-refractivity contribution in [2.45, 2.75) is 18.1 Å². The third-order valence-electron chi connectivity index (χ3n) is 2.68. The zero-order chi connectivity index (χ0) is 17.6. The Morgan fingerprint density at radius 1 is 0.913 bits per heavy atom. The van der Waals surface area contributed by atoms with Crippen LogP contribution in [0.5, 0.6) is 0 Å². The molecule has 0 aliphatic heterocycles. The van der Waals surface area contributed by atoms with Crippen LogP contribution in [0.4, 0.5) is 5.69 Å². The van der Waals surface area contributed by atoms with Gasteiger partial charge in [-0.15, -0.1) is 0 Å². The first-order valence-electron chi connectivity index (χ1n) is 6.17. The molecule has 2 aromatic carbocycles. The van der Waals surface area contributed by atoms with Crippen LogP contribution in [0.3, 0.4) is 0 Å². The lowest BCUT2D eigenvalue weighted by atomic mass is 10.2. The second-order valence-electron chi connectivity index (χ2n) is 4.37. The van der Waals surface area contributed by atoms with Crippen molar-refractivity contribution in [1.29, 1.82) is 0 Å². The highest BCUT2D eigenvalue weighted by Crippen LogP contribution is 2.25. The summed E-state index contributed by atoms with van der Waals surface area (Å²) in [4.78, 5) is -0.178. The third kappa shape index (κ3) is 6.18. The number of hydrogen-bond donors (Lipinski definition) is 3. The van der Waals surface area contributed by atoms with Crippen molar-refractivity contribution < 1.29 is 18.6 Å². The molecule has 0 unspecified atom stereocenters. The monoisotopic (exact) mass is 397 g/mol. The van der Waals surface area contributed by atoms with E-state index < -0.39 is 9.05 Å². The Morgan fingerprint density at radius 2 is 1.39 bits per heavy atom. The second-order valence-corrected chi connectivity index (χ2v) is 7.72. The summed E-state index contributed by atoms with van der Waals surface area (Å²) in [6, 6.07) is 9.20. The van der Waals surface area contributed by atoms with Gasteiger partial charge in [0, 0.05) is 10.7 Å². The fourth-order valence-corrected chi connectivity index (χ4v) is 3.16. The van der Waals surface area contributed by atoms with E-state index in [1.54, 1.807) is 18.2 Å². The van der Waals surface area contributed by atoms with E-state index in [4.69, 9.17) is 49.8 Å². The average Bonchev–Trinajstić information content (AvgIpc) is 2.50. The van der Waals surface area contributed by atoms with Gasteiger partial charge >= 0.3 is 0 Å². The van der Waals surface area contributed by atoms with Gasteiger partial charge in [0.1, 0.15) is 4.90 Å². The summed E-state index contributed by atoms with van der Waals surface area (Å²) in [5.41, 5.74) is 7.19. The minimum absolute atomic E-state index is 0.00136. The van der Waals surface area contributed by atoms with Crippen LogP contribution in [0.15, 0.2) is 41.3 Å². The fraction of sp³-hybridized carbons (Fsp3) is 0.143. The van der Waals surface area contributed by atoms with Crippen molar-refractivity contribution in [2.75, 3.05) is 5.73 Å². The van der Waals surface area contributed by atoms with Gasteiger partial charge in [-0.2, -0.15) is 0 Å². The van der Waals surface area contributed by atoms with Crippen LogP contribution in [0.2, 0.25) is 10.0 Å². The Bertz CT molecular complexity index is 782. The maximum absolute atomic E-state index is 10.9. The quantitative estimate of drug-likeness (QED) is 0.544. The smallest absolute Gasteiger partial charge is 0.262 e. The molecule has 5 nitrogen and oxygen atoms in total. The van der Waals surface area contributed by atoms with Crippen molar-refractivity contribution in [3.8, 4) is 0 Å². The lowest BCUT2D eigenvalue weighted by molar-refractivity contribution is 0.281. The largest absolute Gasteiger partial charge is 0.398 e. The molecule has 0 spiro atoms. The molecule has 126 valence electrons. The second kappa shape index (κ2) is 8.73. The first-order chi connectivity index (χ1) is 10.7. The third-order valence-corrected chi connectivity index (χ3v) is 4.83. The van der Waals surface area contributed by atoms with Crippen molar-refractivity contribution in [3.63, 3.8) is 0 Å². The van der Waals surface area contributed by atoms with Crippen LogP contribution in [0.25, 0.3) is 0 Å². The van der Waals surface area contributed by atoms with E-state index in [0.717, 1.165) is 5.56 Å². The molecule has 0 aliphatic rings. The molecule has 0 saturated heterocycles. The first-order valence-corrected chi connectivity index (χ1v) is 9.24. The lowest BCUT2D eigenvalue weighted by Gasteiger charge is -2.01. The Balaban J connectivity index is 0.000000238. The molecular formula is C14H14Cl3NO4S. The summed E-state index contributed by atoms with van der Waals surface area (Å²) in [6.07, 6.45) is 0. The Labute approximate surface area is 148 Å². The van der Waals surface area contributed by atoms with E-state index in [1.165, 1.54) is 18.2 Å². The van der Waals surface area contributed by atoms with Gasteiger partial charge < -0.3 is 15.9 Å². The SMILES string of the molecule is Nc1cc(CO)ccc1Cl.O=S(=O)(Cl)c1cc(CO)ccc1Cl. The minimum Gasteiger partial charge on any atom is -0.398 e. The number of rotatable bonds is 3. The topological polar surface area (TPSA) is 101 Å².